The van der Waals surface area contributed by atoms with Gasteiger partial charge in [-0.25, -0.2) is 22.9 Å². The molecule has 29 heavy (non-hydrogen) atoms. The van der Waals surface area contributed by atoms with E-state index in [0.717, 1.165) is 12.1 Å². The van der Waals surface area contributed by atoms with Crippen LogP contribution < -0.4 is 15.4 Å². The van der Waals surface area contributed by atoms with Crippen molar-refractivity contribution in [3.8, 4) is 11.6 Å². The van der Waals surface area contributed by atoms with Crippen molar-refractivity contribution < 1.29 is 22.7 Å². The molecule has 0 aliphatic heterocycles. The first kappa shape index (κ1) is 20.2. The second-order valence-corrected chi connectivity index (χ2v) is 6.29. The van der Waals surface area contributed by atoms with E-state index in [1.54, 1.807) is 25.1 Å². The lowest BCUT2D eigenvalue weighted by atomic mass is 10.1. The number of urea groups is 1. The van der Waals surface area contributed by atoms with Crippen molar-refractivity contribution in [2.75, 3.05) is 0 Å². The zero-order valence-electron chi connectivity index (χ0n) is 15.5. The highest BCUT2D eigenvalue weighted by molar-refractivity contribution is 5.74. The van der Waals surface area contributed by atoms with E-state index in [9.17, 15) is 18.0 Å². The minimum atomic E-state index is -0.969. The first-order chi connectivity index (χ1) is 13.9. The highest BCUT2D eigenvalue weighted by Gasteiger charge is 2.12. The topological polar surface area (TPSA) is 63.2 Å². The van der Waals surface area contributed by atoms with E-state index in [1.807, 2.05) is 0 Å². The maximum absolute atomic E-state index is 13.3. The summed E-state index contributed by atoms with van der Waals surface area (Å²) in [5, 5.41) is 5.30. The van der Waals surface area contributed by atoms with E-state index in [2.05, 4.69) is 15.6 Å². The molecule has 2 N–H and O–H groups in total. The molecule has 5 nitrogen and oxygen atoms in total. The summed E-state index contributed by atoms with van der Waals surface area (Å²) in [5.41, 5.74) is 1.16. The van der Waals surface area contributed by atoms with Crippen molar-refractivity contribution in [3.05, 3.63) is 89.4 Å². The van der Waals surface area contributed by atoms with Gasteiger partial charge in [-0.15, -0.1) is 0 Å². The van der Waals surface area contributed by atoms with Gasteiger partial charge in [0.25, 0.3) is 0 Å². The predicted octanol–water partition coefficient (Wildman–Crippen LogP) is 4.85. The minimum absolute atomic E-state index is 0.198. The Morgan fingerprint density at radius 2 is 1.90 bits per heavy atom. The van der Waals surface area contributed by atoms with Crippen LogP contribution in [0.1, 0.15) is 24.1 Å². The molecule has 0 bridgehead atoms. The molecule has 0 aliphatic carbocycles. The highest BCUT2D eigenvalue weighted by Crippen LogP contribution is 2.20. The molecule has 150 valence electrons. The van der Waals surface area contributed by atoms with Crippen LogP contribution in [0.4, 0.5) is 18.0 Å². The fourth-order valence-corrected chi connectivity index (χ4v) is 2.52. The lowest BCUT2D eigenvalue weighted by molar-refractivity contribution is 0.237. The number of carbonyl (C=O) groups excluding carboxylic acids is 1. The fourth-order valence-electron chi connectivity index (χ4n) is 2.52. The average molecular weight is 401 g/mol. The molecule has 0 aliphatic rings. The van der Waals surface area contributed by atoms with Gasteiger partial charge >= 0.3 is 6.03 Å². The third-order valence-corrected chi connectivity index (χ3v) is 4.06. The molecule has 1 unspecified atom stereocenters. The lowest BCUT2D eigenvalue weighted by Gasteiger charge is -2.15. The quantitative estimate of drug-likeness (QED) is 0.621. The van der Waals surface area contributed by atoms with Gasteiger partial charge in [0.1, 0.15) is 11.6 Å². The Labute approximate surface area is 165 Å². The van der Waals surface area contributed by atoms with Gasteiger partial charge in [0.15, 0.2) is 11.6 Å². The molecule has 0 spiro atoms. The molecule has 8 heteroatoms. The molecule has 2 aromatic carbocycles. The summed E-state index contributed by atoms with van der Waals surface area (Å²) in [7, 11) is 0. The third-order valence-electron chi connectivity index (χ3n) is 4.06. The van der Waals surface area contributed by atoms with Gasteiger partial charge in [0.05, 0.1) is 6.04 Å². The zero-order valence-corrected chi connectivity index (χ0v) is 15.5. The van der Waals surface area contributed by atoms with Crippen molar-refractivity contribution in [1.82, 2.24) is 15.6 Å². The Bertz CT molecular complexity index is 997. The monoisotopic (exact) mass is 401 g/mol. The summed E-state index contributed by atoms with van der Waals surface area (Å²) < 4.78 is 44.9. The van der Waals surface area contributed by atoms with Gasteiger partial charge in [0.2, 0.25) is 5.88 Å². The number of benzene rings is 2. The normalized spacial score (nSPS) is 11.6. The number of rotatable bonds is 6. The van der Waals surface area contributed by atoms with Crippen molar-refractivity contribution in [2.24, 2.45) is 0 Å². The fraction of sp³-hybridized carbons (Fsp3) is 0.143. The van der Waals surface area contributed by atoms with Crippen LogP contribution in [0.2, 0.25) is 0 Å². The van der Waals surface area contributed by atoms with Crippen LogP contribution in [-0.2, 0) is 6.54 Å². The summed E-state index contributed by atoms with van der Waals surface area (Å²) in [4.78, 5) is 16.1. The number of amides is 2. The smallest absolute Gasteiger partial charge is 0.315 e. The molecule has 0 saturated heterocycles. The Morgan fingerprint density at radius 3 is 2.59 bits per heavy atom. The van der Waals surface area contributed by atoms with Crippen LogP contribution in [0.15, 0.2) is 60.8 Å². The van der Waals surface area contributed by atoms with Crippen LogP contribution >= 0.6 is 0 Å². The number of nitrogens with one attached hydrogen (secondary N) is 2. The van der Waals surface area contributed by atoms with Gasteiger partial charge in [-0.3, -0.25) is 0 Å². The van der Waals surface area contributed by atoms with Crippen LogP contribution in [0.3, 0.4) is 0 Å². The summed E-state index contributed by atoms with van der Waals surface area (Å²) in [6, 6.07) is 11.5. The summed E-state index contributed by atoms with van der Waals surface area (Å²) in [6.45, 7) is 1.86. The first-order valence-corrected chi connectivity index (χ1v) is 8.78. The van der Waals surface area contributed by atoms with Crippen molar-refractivity contribution in [2.45, 2.75) is 19.5 Å². The number of pyridine rings is 1. The Kier molecular flexibility index (Phi) is 6.33. The van der Waals surface area contributed by atoms with Gasteiger partial charge in [-0.2, -0.15) is 0 Å². The second kappa shape index (κ2) is 9.09. The number of halogens is 3. The van der Waals surface area contributed by atoms with Gasteiger partial charge < -0.3 is 15.4 Å². The van der Waals surface area contributed by atoms with E-state index in [-0.39, 0.29) is 12.4 Å². The number of ether oxygens (including phenoxy) is 1. The molecule has 2 amide bonds. The van der Waals surface area contributed by atoms with E-state index in [0.29, 0.717) is 16.9 Å². The van der Waals surface area contributed by atoms with E-state index < -0.39 is 29.5 Å². The van der Waals surface area contributed by atoms with Crippen LogP contribution in [0.25, 0.3) is 0 Å². The van der Waals surface area contributed by atoms with E-state index >= 15 is 0 Å². The Morgan fingerprint density at radius 1 is 1.07 bits per heavy atom. The average Bonchev–Trinajstić information content (AvgIpc) is 2.69. The Hall–Kier alpha value is -3.55. The van der Waals surface area contributed by atoms with Crippen molar-refractivity contribution in [3.63, 3.8) is 0 Å². The van der Waals surface area contributed by atoms with Gasteiger partial charge in [-0.05, 0) is 42.3 Å². The zero-order chi connectivity index (χ0) is 20.8. The van der Waals surface area contributed by atoms with E-state index in [4.69, 9.17) is 4.74 Å². The van der Waals surface area contributed by atoms with Gasteiger partial charge in [-0.1, -0.05) is 18.2 Å². The standard InChI is InChI=1S/C21H18F3N3O2/c1-13(15-6-7-18(23)19(24)9-15)27-21(28)26-12-14-5-8-20(25-11-14)29-17-4-2-3-16(22)10-17/h2-11,13H,12H2,1H3,(H2,26,27,28). The maximum Gasteiger partial charge on any atom is 0.315 e. The summed E-state index contributed by atoms with van der Waals surface area (Å²) in [5.74, 6) is -1.71. The molecule has 0 saturated carbocycles. The number of aromatic nitrogens is 1. The number of hydrogen-bond acceptors (Lipinski definition) is 3. The minimum Gasteiger partial charge on any atom is -0.439 e. The second-order valence-electron chi connectivity index (χ2n) is 6.29. The Balaban J connectivity index is 1.50. The number of nitrogens with zero attached hydrogens (tertiary/aromatic N) is 1. The third kappa shape index (κ3) is 5.71. The molecule has 1 heterocycles. The van der Waals surface area contributed by atoms with Crippen LogP contribution in [-0.4, -0.2) is 11.0 Å². The van der Waals surface area contributed by atoms with Crippen molar-refractivity contribution in [1.29, 1.82) is 0 Å². The van der Waals surface area contributed by atoms with Gasteiger partial charge in [0, 0.05) is 24.9 Å². The maximum atomic E-state index is 13.3. The highest BCUT2D eigenvalue weighted by atomic mass is 19.2. The first-order valence-electron chi connectivity index (χ1n) is 8.78. The molecule has 3 aromatic rings. The molecular weight excluding hydrogens is 383 g/mol. The largest absolute Gasteiger partial charge is 0.439 e. The van der Waals surface area contributed by atoms with Crippen LogP contribution in [0, 0.1) is 17.5 Å². The molecule has 3 rings (SSSR count). The molecule has 0 radical (unpaired) electrons. The molecule has 1 aromatic heterocycles. The molecule has 0 fully saturated rings. The number of carbonyl (C=O) groups is 1. The predicted molar refractivity (Wildman–Crippen MR) is 101 cm³/mol. The van der Waals surface area contributed by atoms with Crippen LogP contribution in [0.5, 0.6) is 11.6 Å². The van der Waals surface area contributed by atoms with E-state index in [1.165, 1.54) is 30.5 Å². The van der Waals surface area contributed by atoms with Crippen molar-refractivity contribution >= 4 is 6.03 Å². The molecular formula is C21H18F3N3O2. The molecule has 1 atom stereocenters. The lowest BCUT2D eigenvalue weighted by Crippen LogP contribution is -2.36. The summed E-state index contributed by atoms with van der Waals surface area (Å²) >= 11 is 0. The SMILES string of the molecule is CC(NC(=O)NCc1ccc(Oc2cccc(F)c2)nc1)c1ccc(F)c(F)c1. The summed E-state index contributed by atoms with van der Waals surface area (Å²) in [6.07, 6.45) is 1.52. The number of hydrogen-bond donors (Lipinski definition) is 2.